The van der Waals surface area contributed by atoms with Gasteiger partial charge in [0.2, 0.25) is 0 Å². The average Bonchev–Trinajstić information content (AvgIpc) is 3.60. The largest absolute Gasteiger partial charge is 0.311 e. The molecule has 5 aromatic rings. The van der Waals surface area contributed by atoms with Crippen LogP contribution in [0.15, 0.2) is 60.7 Å². The third-order valence-corrected chi connectivity index (χ3v) is 18.6. The van der Waals surface area contributed by atoms with Crippen LogP contribution in [0.25, 0.3) is 0 Å². The molecule has 0 N–H and O–H groups in total. The zero-order valence-electron chi connectivity index (χ0n) is 41.4. The highest BCUT2D eigenvalue weighted by atomic mass is 32.1. The molecule has 0 atom stereocenters. The zero-order valence-corrected chi connectivity index (χ0v) is 42.2. The lowest BCUT2D eigenvalue weighted by Crippen LogP contribution is -2.61. The smallest absolute Gasteiger partial charge is 0.264 e. The van der Waals surface area contributed by atoms with Crippen LogP contribution in [-0.4, -0.2) is 6.71 Å². The summed E-state index contributed by atoms with van der Waals surface area (Å²) in [6, 6.07) is 25.3. The standard InChI is InChI=1S/C58H73BN2S/c1-34-30-43-47-44(31-34)61(42-23-18-36(32-35(42)2)52(3,4)5)49-46-50(58(16,17)29-28-57(46,14)15)62-51(49)59(47)41-22-21-39-45(56(12,13)27-26-54(39,8)9)48(41)60(43)37-19-20-38-40(33-37)55(10,11)25-24-53(38,6)7/h18-23,30-33H,24-29H2,1-17H3. The Hall–Kier alpha value is -3.76. The maximum absolute atomic E-state index is 2.79. The second-order valence-corrected chi connectivity index (χ2v) is 26.6. The number of anilines is 6. The molecule has 4 heteroatoms. The van der Waals surface area contributed by atoms with E-state index in [2.05, 4.69) is 200 Å². The summed E-state index contributed by atoms with van der Waals surface area (Å²) < 4.78 is 1.54. The van der Waals surface area contributed by atoms with Crippen LogP contribution in [0.5, 0.6) is 0 Å². The van der Waals surface area contributed by atoms with E-state index in [0.29, 0.717) is 0 Å². The van der Waals surface area contributed by atoms with Gasteiger partial charge in [0.15, 0.2) is 0 Å². The first-order chi connectivity index (χ1) is 28.7. The van der Waals surface area contributed by atoms with E-state index in [-0.39, 0.29) is 44.6 Å². The SMILES string of the molecule is Cc1cc2c3c(c1)N(c1ccc(C(C)(C)C)cc1C)c1c(sc4c1C(C)(C)CCC4(C)C)B3c1ccc3c(c1N2c1ccc2c(c1)C(C)(C)CCC2(C)C)C(C)(C)CCC3(C)C. The van der Waals surface area contributed by atoms with Crippen molar-refractivity contribution in [2.45, 2.75) is 194 Å². The van der Waals surface area contributed by atoms with Gasteiger partial charge in [-0.2, -0.15) is 11.3 Å². The molecule has 2 nitrogen and oxygen atoms in total. The minimum Gasteiger partial charge on any atom is -0.311 e. The van der Waals surface area contributed by atoms with Gasteiger partial charge in [0.25, 0.3) is 6.71 Å². The highest BCUT2D eigenvalue weighted by Crippen LogP contribution is 2.59. The summed E-state index contributed by atoms with van der Waals surface area (Å²) in [5.74, 6) is 0. The lowest BCUT2D eigenvalue weighted by molar-refractivity contribution is 0.331. The van der Waals surface area contributed by atoms with E-state index in [0.717, 1.165) is 0 Å². The number of thiophene rings is 1. The summed E-state index contributed by atoms with van der Waals surface area (Å²) in [4.78, 5) is 7.16. The molecule has 0 unspecified atom stereocenters. The molecule has 1 aromatic heterocycles. The molecular weight excluding hydrogens is 768 g/mol. The van der Waals surface area contributed by atoms with Gasteiger partial charge < -0.3 is 9.80 Å². The molecule has 0 amide bonds. The van der Waals surface area contributed by atoms with E-state index in [4.69, 9.17) is 0 Å². The normalized spacial score (nSPS) is 21.6. The van der Waals surface area contributed by atoms with E-state index in [1.54, 1.807) is 16.0 Å². The first-order valence-corrected chi connectivity index (χ1v) is 24.8. The van der Waals surface area contributed by atoms with Gasteiger partial charge in [-0.05, 0) is 176 Å². The van der Waals surface area contributed by atoms with Crippen molar-refractivity contribution in [3.63, 3.8) is 0 Å². The third kappa shape index (κ3) is 5.92. The molecule has 0 spiro atoms. The zero-order chi connectivity index (χ0) is 44.6. The Morgan fingerprint density at radius 1 is 0.516 bits per heavy atom. The minimum absolute atomic E-state index is 0.0161. The number of hydrogen-bond donors (Lipinski definition) is 0. The molecule has 0 saturated heterocycles. The van der Waals surface area contributed by atoms with E-state index >= 15 is 0 Å². The lowest BCUT2D eigenvalue weighted by atomic mass is 9.35. The van der Waals surface area contributed by atoms with Crippen molar-refractivity contribution in [2.75, 3.05) is 9.80 Å². The number of nitrogens with zero attached hydrogens (tertiary/aromatic N) is 2. The molecule has 0 saturated carbocycles. The van der Waals surface area contributed by atoms with Gasteiger partial charge in [-0.3, -0.25) is 0 Å². The molecule has 3 heterocycles. The first kappa shape index (κ1) is 42.2. The maximum atomic E-state index is 2.79. The lowest BCUT2D eigenvalue weighted by Gasteiger charge is -2.50. The molecule has 324 valence electrons. The van der Waals surface area contributed by atoms with Gasteiger partial charge in [0.05, 0.1) is 5.69 Å². The summed E-state index contributed by atoms with van der Waals surface area (Å²) in [5, 5.41) is 0. The average molecular weight is 841 g/mol. The quantitative estimate of drug-likeness (QED) is 0.160. The second-order valence-electron chi connectivity index (χ2n) is 25.6. The van der Waals surface area contributed by atoms with E-state index in [1.165, 1.54) is 122 Å². The Bertz CT molecular complexity index is 2730. The van der Waals surface area contributed by atoms with Crippen molar-refractivity contribution < 1.29 is 0 Å². The molecule has 3 aliphatic carbocycles. The van der Waals surface area contributed by atoms with Crippen LogP contribution in [0.3, 0.4) is 0 Å². The van der Waals surface area contributed by atoms with Gasteiger partial charge in [-0.25, -0.2) is 0 Å². The highest BCUT2D eigenvalue weighted by Gasteiger charge is 2.53. The Labute approximate surface area is 380 Å². The first-order valence-electron chi connectivity index (χ1n) is 24.0. The minimum atomic E-state index is 0.0161. The molecule has 0 radical (unpaired) electrons. The van der Waals surface area contributed by atoms with Crippen molar-refractivity contribution in [3.05, 3.63) is 110 Å². The molecule has 4 aromatic carbocycles. The van der Waals surface area contributed by atoms with Gasteiger partial charge in [-0.15, -0.1) is 0 Å². The second kappa shape index (κ2) is 13.0. The van der Waals surface area contributed by atoms with Crippen molar-refractivity contribution >= 4 is 67.9 Å². The van der Waals surface area contributed by atoms with Crippen LogP contribution in [0, 0.1) is 13.8 Å². The van der Waals surface area contributed by atoms with Crippen LogP contribution in [0.4, 0.5) is 34.1 Å². The van der Waals surface area contributed by atoms with Crippen molar-refractivity contribution in [2.24, 2.45) is 0 Å². The fourth-order valence-corrected chi connectivity index (χ4v) is 14.5. The topological polar surface area (TPSA) is 6.48 Å². The summed E-state index contributed by atoms with van der Waals surface area (Å²) in [6.07, 6.45) is 7.20. The number of fused-ring (bicyclic) bond motifs is 9. The number of rotatable bonds is 2. The summed E-state index contributed by atoms with van der Waals surface area (Å²) >= 11 is 2.16. The van der Waals surface area contributed by atoms with Crippen LogP contribution in [-0.2, 0) is 37.9 Å². The molecule has 0 bridgehead atoms. The summed E-state index contributed by atoms with van der Waals surface area (Å²) in [5.41, 5.74) is 23.6. The van der Waals surface area contributed by atoms with Crippen LogP contribution in [0.1, 0.15) is 192 Å². The Balaban J connectivity index is 1.36. The van der Waals surface area contributed by atoms with Gasteiger partial charge in [0, 0.05) is 38.1 Å². The van der Waals surface area contributed by atoms with Gasteiger partial charge in [-0.1, -0.05) is 134 Å². The number of benzene rings is 4. The predicted octanol–water partition coefficient (Wildman–Crippen LogP) is 14.8. The molecule has 2 aliphatic heterocycles. The van der Waals surface area contributed by atoms with E-state index in [1.807, 2.05) is 0 Å². The third-order valence-electron chi connectivity index (χ3n) is 17.0. The Morgan fingerprint density at radius 3 is 1.69 bits per heavy atom. The highest BCUT2D eigenvalue weighted by molar-refractivity contribution is 7.29. The molecule has 0 fully saturated rings. The van der Waals surface area contributed by atoms with Crippen LogP contribution in [0.2, 0.25) is 0 Å². The van der Waals surface area contributed by atoms with E-state index in [9.17, 15) is 0 Å². The number of aryl methyl sites for hydroxylation is 2. The van der Waals surface area contributed by atoms with E-state index < -0.39 is 0 Å². The monoisotopic (exact) mass is 841 g/mol. The maximum Gasteiger partial charge on any atom is 0.264 e. The van der Waals surface area contributed by atoms with Gasteiger partial charge >= 0.3 is 0 Å². The summed E-state index contributed by atoms with van der Waals surface area (Å²) in [7, 11) is 0. The van der Waals surface area contributed by atoms with Crippen molar-refractivity contribution in [3.8, 4) is 0 Å². The van der Waals surface area contributed by atoms with Crippen LogP contribution >= 0.6 is 11.3 Å². The van der Waals surface area contributed by atoms with Crippen molar-refractivity contribution in [1.82, 2.24) is 0 Å². The predicted molar refractivity (Wildman–Crippen MR) is 272 cm³/mol. The van der Waals surface area contributed by atoms with Crippen LogP contribution < -0.4 is 25.5 Å². The molecule has 10 rings (SSSR count). The van der Waals surface area contributed by atoms with Gasteiger partial charge in [0.1, 0.15) is 0 Å². The fourth-order valence-electron chi connectivity index (χ4n) is 12.7. The Kier molecular flexibility index (Phi) is 8.82. The number of hydrogen-bond acceptors (Lipinski definition) is 3. The molecular formula is C58H73BN2S. The Morgan fingerprint density at radius 2 is 1.06 bits per heavy atom. The molecule has 5 aliphatic rings. The fraction of sp³-hybridized carbons (Fsp3) is 0.517. The summed E-state index contributed by atoms with van der Waals surface area (Å²) in [6.45, 7) is 42.0. The van der Waals surface area contributed by atoms with Crippen molar-refractivity contribution in [1.29, 1.82) is 0 Å². The molecule has 62 heavy (non-hydrogen) atoms.